The lowest BCUT2D eigenvalue weighted by Gasteiger charge is -2.43. The van der Waals surface area contributed by atoms with Gasteiger partial charge in [-0.1, -0.05) is 22.9 Å². The van der Waals surface area contributed by atoms with E-state index in [1.165, 1.54) is 5.56 Å². The molecule has 19 heavy (non-hydrogen) atoms. The number of nitrogens with one attached hydrogen (secondary N) is 1. The lowest BCUT2D eigenvalue weighted by Crippen LogP contribution is -2.61. The molecule has 1 aromatic rings. The van der Waals surface area contributed by atoms with E-state index in [9.17, 15) is 0 Å². The molecule has 0 aliphatic heterocycles. The molecular formula is C15H22BrNO2. The van der Waals surface area contributed by atoms with Gasteiger partial charge in [0, 0.05) is 24.0 Å². The van der Waals surface area contributed by atoms with Crippen molar-refractivity contribution in [1.82, 2.24) is 5.32 Å². The van der Waals surface area contributed by atoms with Gasteiger partial charge in [-0.05, 0) is 43.7 Å². The molecule has 4 heteroatoms. The van der Waals surface area contributed by atoms with E-state index in [0.29, 0.717) is 6.04 Å². The summed E-state index contributed by atoms with van der Waals surface area (Å²) in [5.74, 6) is 0.918. The lowest BCUT2D eigenvalue weighted by molar-refractivity contribution is -0.0887. The van der Waals surface area contributed by atoms with Crippen LogP contribution in [0.1, 0.15) is 25.3 Å². The number of hydrogen-bond donors (Lipinski definition) is 1. The molecule has 1 aliphatic rings. The van der Waals surface area contributed by atoms with Crippen molar-refractivity contribution >= 4 is 15.9 Å². The first kappa shape index (κ1) is 14.8. The molecule has 3 atom stereocenters. The third-order valence-corrected chi connectivity index (χ3v) is 4.48. The van der Waals surface area contributed by atoms with Crippen LogP contribution in [0.25, 0.3) is 0 Å². The average Bonchev–Trinajstić information content (AvgIpc) is 2.37. The van der Waals surface area contributed by atoms with Gasteiger partial charge in [-0.25, -0.2) is 0 Å². The fourth-order valence-corrected chi connectivity index (χ4v) is 2.65. The first-order valence-electron chi connectivity index (χ1n) is 6.84. The quantitative estimate of drug-likeness (QED) is 0.869. The van der Waals surface area contributed by atoms with Crippen molar-refractivity contribution in [3.8, 4) is 5.75 Å². The molecule has 1 fully saturated rings. The van der Waals surface area contributed by atoms with Crippen LogP contribution in [0.2, 0.25) is 0 Å². The summed E-state index contributed by atoms with van der Waals surface area (Å²) in [5, 5.41) is 3.49. The minimum absolute atomic E-state index is 0.149. The SMILES string of the molecule is CCCNC1CC(Oc2ccc(Br)c(C)c2)C1OC. The molecule has 0 heterocycles. The summed E-state index contributed by atoms with van der Waals surface area (Å²) in [5.41, 5.74) is 1.19. The van der Waals surface area contributed by atoms with Gasteiger partial charge in [-0.15, -0.1) is 0 Å². The van der Waals surface area contributed by atoms with Crippen LogP contribution in [0.5, 0.6) is 5.75 Å². The maximum Gasteiger partial charge on any atom is 0.128 e. The first-order chi connectivity index (χ1) is 9.15. The van der Waals surface area contributed by atoms with Gasteiger partial charge in [-0.2, -0.15) is 0 Å². The number of aryl methyl sites for hydroxylation is 1. The Morgan fingerprint density at radius 3 is 2.84 bits per heavy atom. The summed E-state index contributed by atoms with van der Waals surface area (Å²) in [6, 6.07) is 6.50. The van der Waals surface area contributed by atoms with Crippen molar-refractivity contribution in [2.45, 2.75) is 44.9 Å². The number of hydrogen-bond acceptors (Lipinski definition) is 3. The molecule has 0 aromatic heterocycles. The van der Waals surface area contributed by atoms with E-state index in [0.717, 1.165) is 29.6 Å². The second-order valence-corrected chi connectivity index (χ2v) is 5.92. The van der Waals surface area contributed by atoms with Crippen LogP contribution in [0, 0.1) is 6.92 Å². The van der Waals surface area contributed by atoms with Gasteiger partial charge in [0.15, 0.2) is 0 Å². The maximum absolute atomic E-state index is 6.01. The van der Waals surface area contributed by atoms with E-state index in [-0.39, 0.29) is 12.2 Å². The Morgan fingerprint density at radius 2 is 2.21 bits per heavy atom. The molecule has 1 saturated carbocycles. The largest absolute Gasteiger partial charge is 0.488 e. The fourth-order valence-electron chi connectivity index (χ4n) is 2.41. The number of methoxy groups -OCH3 is 1. The molecule has 0 amide bonds. The standard InChI is InChI=1S/C15H22BrNO2/c1-4-7-17-13-9-14(15(13)18-3)19-11-5-6-12(16)10(2)8-11/h5-6,8,13-15,17H,4,7,9H2,1-3H3. The minimum Gasteiger partial charge on any atom is -0.488 e. The van der Waals surface area contributed by atoms with E-state index in [2.05, 4.69) is 41.2 Å². The van der Waals surface area contributed by atoms with Crippen LogP contribution < -0.4 is 10.1 Å². The molecule has 0 bridgehead atoms. The Bertz CT molecular complexity index is 425. The molecule has 1 N–H and O–H groups in total. The smallest absolute Gasteiger partial charge is 0.128 e. The Hall–Kier alpha value is -0.580. The Labute approximate surface area is 123 Å². The zero-order valence-electron chi connectivity index (χ0n) is 11.8. The molecule has 3 unspecified atom stereocenters. The number of halogens is 1. The highest BCUT2D eigenvalue weighted by Gasteiger charge is 2.42. The summed E-state index contributed by atoms with van der Waals surface area (Å²) >= 11 is 3.50. The zero-order valence-corrected chi connectivity index (χ0v) is 13.4. The van der Waals surface area contributed by atoms with Crippen molar-refractivity contribution in [1.29, 1.82) is 0 Å². The summed E-state index contributed by atoms with van der Waals surface area (Å²) < 4.78 is 12.7. The number of benzene rings is 1. The second-order valence-electron chi connectivity index (χ2n) is 5.06. The third-order valence-electron chi connectivity index (χ3n) is 3.59. The van der Waals surface area contributed by atoms with Crippen LogP contribution in [-0.4, -0.2) is 31.9 Å². The van der Waals surface area contributed by atoms with E-state index in [4.69, 9.17) is 9.47 Å². The summed E-state index contributed by atoms with van der Waals surface area (Å²) in [4.78, 5) is 0. The van der Waals surface area contributed by atoms with Gasteiger partial charge in [0.2, 0.25) is 0 Å². The monoisotopic (exact) mass is 327 g/mol. The predicted molar refractivity (Wildman–Crippen MR) is 80.8 cm³/mol. The van der Waals surface area contributed by atoms with E-state index in [1.54, 1.807) is 7.11 Å². The van der Waals surface area contributed by atoms with Crippen molar-refractivity contribution in [3.05, 3.63) is 28.2 Å². The molecule has 0 saturated heterocycles. The highest BCUT2D eigenvalue weighted by Crippen LogP contribution is 2.30. The van der Waals surface area contributed by atoms with Gasteiger partial charge in [-0.3, -0.25) is 0 Å². The molecule has 106 valence electrons. The summed E-state index contributed by atoms with van der Waals surface area (Å²) in [6.07, 6.45) is 2.45. The van der Waals surface area contributed by atoms with Crippen LogP contribution >= 0.6 is 15.9 Å². The topological polar surface area (TPSA) is 30.5 Å². The zero-order chi connectivity index (χ0) is 13.8. The summed E-state index contributed by atoms with van der Waals surface area (Å²) in [7, 11) is 1.76. The maximum atomic E-state index is 6.01. The molecule has 2 rings (SSSR count). The molecule has 0 spiro atoms. The summed E-state index contributed by atoms with van der Waals surface area (Å²) in [6.45, 7) is 5.28. The molecule has 1 aliphatic carbocycles. The minimum atomic E-state index is 0.149. The van der Waals surface area contributed by atoms with E-state index in [1.807, 2.05) is 12.1 Å². The van der Waals surface area contributed by atoms with Gasteiger partial charge in [0.1, 0.15) is 18.0 Å². The molecule has 1 aromatic carbocycles. The molecule has 3 nitrogen and oxygen atoms in total. The van der Waals surface area contributed by atoms with Gasteiger partial charge >= 0.3 is 0 Å². The van der Waals surface area contributed by atoms with Crippen molar-refractivity contribution in [3.63, 3.8) is 0 Å². The second kappa shape index (κ2) is 6.73. The fraction of sp³-hybridized carbons (Fsp3) is 0.600. The van der Waals surface area contributed by atoms with Gasteiger partial charge in [0.25, 0.3) is 0 Å². The highest BCUT2D eigenvalue weighted by molar-refractivity contribution is 9.10. The Kier molecular flexibility index (Phi) is 5.25. The van der Waals surface area contributed by atoms with Crippen molar-refractivity contribution < 1.29 is 9.47 Å². The molecular weight excluding hydrogens is 306 g/mol. The third kappa shape index (κ3) is 3.50. The number of ether oxygens (including phenoxy) is 2. The van der Waals surface area contributed by atoms with Gasteiger partial charge < -0.3 is 14.8 Å². The van der Waals surface area contributed by atoms with E-state index >= 15 is 0 Å². The number of rotatable bonds is 6. The van der Waals surface area contributed by atoms with Gasteiger partial charge in [0.05, 0.1) is 0 Å². The average molecular weight is 328 g/mol. The predicted octanol–water partition coefficient (Wildman–Crippen LogP) is 3.29. The van der Waals surface area contributed by atoms with Crippen LogP contribution in [0.15, 0.2) is 22.7 Å². The Morgan fingerprint density at radius 1 is 1.42 bits per heavy atom. The normalized spacial score (nSPS) is 26.0. The van der Waals surface area contributed by atoms with Crippen molar-refractivity contribution in [2.75, 3.05) is 13.7 Å². The van der Waals surface area contributed by atoms with Crippen LogP contribution in [0.4, 0.5) is 0 Å². The van der Waals surface area contributed by atoms with Crippen LogP contribution in [-0.2, 0) is 4.74 Å². The first-order valence-corrected chi connectivity index (χ1v) is 7.64. The van der Waals surface area contributed by atoms with E-state index < -0.39 is 0 Å². The molecule has 0 radical (unpaired) electrons. The van der Waals surface area contributed by atoms with Crippen molar-refractivity contribution in [2.24, 2.45) is 0 Å². The lowest BCUT2D eigenvalue weighted by atomic mass is 9.85. The Balaban J connectivity index is 1.91. The highest BCUT2D eigenvalue weighted by atomic mass is 79.9. The van der Waals surface area contributed by atoms with Crippen LogP contribution in [0.3, 0.4) is 0 Å².